The second-order valence-corrected chi connectivity index (χ2v) is 16.6. The van der Waals surface area contributed by atoms with Gasteiger partial charge in [-0.3, -0.25) is 19.2 Å². The Morgan fingerprint density at radius 2 is 1.50 bits per heavy atom. The van der Waals surface area contributed by atoms with Crippen LogP contribution in [0.4, 0.5) is 4.79 Å². The number of Topliss-reactive ketones (excluding diaryl/α,β-unsaturated/α-hetero) is 1. The summed E-state index contributed by atoms with van der Waals surface area (Å²) in [6, 6.07) is -3.03. The number of amides is 5. The zero-order valence-electron chi connectivity index (χ0n) is 28.5. The van der Waals surface area contributed by atoms with Crippen molar-refractivity contribution >= 4 is 29.5 Å². The first-order chi connectivity index (χ1) is 21.6. The number of carbonyl (C=O) groups is 5. The molecule has 5 atom stereocenters. The number of nitrogens with one attached hydrogen (secondary N) is 4. The fourth-order valence-electron chi connectivity index (χ4n) is 9.64. The number of hydrogen-bond donors (Lipinski definition) is 4. The number of piperidine rings is 1. The molecule has 0 aromatic heterocycles. The lowest BCUT2D eigenvalue weighted by atomic mass is 9.53. The Morgan fingerprint density at radius 3 is 2.04 bits per heavy atom. The van der Waals surface area contributed by atoms with Crippen molar-refractivity contribution in [3.63, 3.8) is 0 Å². The Labute approximate surface area is 274 Å². The molecule has 6 aliphatic rings. The lowest BCUT2D eigenvalue weighted by Gasteiger charge is -2.56. The van der Waals surface area contributed by atoms with Crippen molar-refractivity contribution in [2.75, 3.05) is 13.1 Å². The molecule has 5 amide bonds. The van der Waals surface area contributed by atoms with E-state index in [4.69, 9.17) is 0 Å². The molecule has 10 heteroatoms. The van der Waals surface area contributed by atoms with E-state index in [1.54, 1.807) is 17.1 Å². The molecule has 6 fully saturated rings. The van der Waals surface area contributed by atoms with Crippen LogP contribution in [-0.4, -0.2) is 71.2 Å². The molecule has 0 radical (unpaired) electrons. The van der Waals surface area contributed by atoms with E-state index in [1.807, 2.05) is 20.8 Å². The van der Waals surface area contributed by atoms with Gasteiger partial charge in [0.2, 0.25) is 17.6 Å². The summed E-state index contributed by atoms with van der Waals surface area (Å²) in [7, 11) is 0. The number of carbonyl (C=O) groups excluding carboxylic acids is 5. The third-order valence-electron chi connectivity index (χ3n) is 11.7. The summed E-state index contributed by atoms with van der Waals surface area (Å²) < 4.78 is 0. The summed E-state index contributed by atoms with van der Waals surface area (Å²) in [6.45, 7) is 18.0. The molecule has 5 aliphatic carbocycles. The van der Waals surface area contributed by atoms with E-state index in [2.05, 4.69) is 48.3 Å². The van der Waals surface area contributed by atoms with Crippen molar-refractivity contribution in [3.05, 3.63) is 25.3 Å². The van der Waals surface area contributed by atoms with E-state index in [1.165, 1.54) is 19.3 Å². The SMILES string of the molecule is C=CCCNC(=O)C(=O)[C@@H](CCC=C)NC(=O)[C@@H]1[C@@H]2C(CN1C(=O)[C@@H](NC(=O)NC13CC4CC(CC(C4)C1)C3)C(C)(C)C)C2(C)C. The minimum absolute atomic E-state index is 0.0884. The first kappa shape index (κ1) is 34.2. The summed E-state index contributed by atoms with van der Waals surface area (Å²) in [5.41, 5.74) is -0.968. The van der Waals surface area contributed by atoms with Crippen LogP contribution in [0.25, 0.3) is 0 Å². The van der Waals surface area contributed by atoms with Gasteiger partial charge in [0.05, 0.1) is 6.04 Å². The molecule has 0 spiro atoms. The second-order valence-electron chi connectivity index (χ2n) is 16.6. The summed E-state index contributed by atoms with van der Waals surface area (Å²) in [5, 5.41) is 11.8. The molecule has 1 saturated heterocycles. The van der Waals surface area contributed by atoms with Gasteiger partial charge in [-0.2, -0.15) is 0 Å². The van der Waals surface area contributed by atoms with E-state index >= 15 is 0 Å². The first-order valence-electron chi connectivity index (χ1n) is 17.3. The van der Waals surface area contributed by atoms with Crippen LogP contribution in [0.3, 0.4) is 0 Å². The van der Waals surface area contributed by atoms with Gasteiger partial charge in [0.15, 0.2) is 0 Å². The van der Waals surface area contributed by atoms with Gasteiger partial charge >= 0.3 is 6.03 Å². The van der Waals surface area contributed by atoms with Crippen molar-refractivity contribution < 1.29 is 24.0 Å². The Bertz CT molecular complexity index is 1230. The van der Waals surface area contributed by atoms with Gasteiger partial charge in [0, 0.05) is 18.6 Å². The number of fused-ring (bicyclic) bond motifs is 1. The molecule has 1 heterocycles. The fraction of sp³-hybridized carbons (Fsp3) is 0.750. The molecule has 10 nitrogen and oxygen atoms in total. The number of rotatable bonds is 13. The van der Waals surface area contributed by atoms with Crippen LogP contribution in [0, 0.1) is 40.4 Å². The quantitative estimate of drug-likeness (QED) is 0.138. The number of allylic oxidation sites excluding steroid dienone is 1. The van der Waals surface area contributed by atoms with Crippen LogP contribution in [0.1, 0.15) is 92.4 Å². The normalized spacial score (nSPS) is 32.8. The number of likely N-dealkylation sites (tertiary alicyclic amines) is 1. The highest BCUT2D eigenvalue weighted by Gasteiger charge is 2.70. The topological polar surface area (TPSA) is 137 Å². The minimum atomic E-state index is -1.05. The largest absolute Gasteiger partial charge is 0.349 e. The average molecular weight is 638 g/mol. The Kier molecular flexibility index (Phi) is 9.50. The van der Waals surface area contributed by atoms with E-state index in [0.29, 0.717) is 37.1 Å². The molecule has 6 rings (SSSR count). The Hall–Kier alpha value is -3.17. The lowest BCUT2D eigenvalue weighted by Crippen LogP contribution is -2.65. The van der Waals surface area contributed by atoms with Crippen LogP contribution >= 0.6 is 0 Å². The summed E-state index contributed by atoms with van der Waals surface area (Å²) in [4.78, 5) is 69.4. The second kappa shape index (κ2) is 12.8. The molecule has 46 heavy (non-hydrogen) atoms. The molecule has 1 unspecified atom stereocenters. The number of nitrogens with zero attached hydrogens (tertiary/aromatic N) is 1. The first-order valence-corrected chi connectivity index (χ1v) is 17.3. The van der Waals surface area contributed by atoms with Crippen LogP contribution in [0.5, 0.6) is 0 Å². The average Bonchev–Trinajstić information content (AvgIpc) is 3.27. The number of urea groups is 1. The predicted molar refractivity (Wildman–Crippen MR) is 176 cm³/mol. The monoisotopic (exact) mass is 637 g/mol. The molecule has 5 saturated carbocycles. The number of hydrogen-bond acceptors (Lipinski definition) is 5. The van der Waals surface area contributed by atoms with Crippen LogP contribution in [-0.2, 0) is 19.2 Å². The van der Waals surface area contributed by atoms with E-state index in [9.17, 15) is 24.0 Å². The van der Waals surface area contributed by atoms with Crippen molar-refractivity contribution in [1.82, 2.24) is 26.2 Å². The molecule has 0 aromatic carbocycles. The molecule has 4 bridgehead atoms. The van der Waals surface area contributed by atoms with Gasteiger partial charge in [0.1, 0.15) is 12.1 Å². The van der Waals surface area contributed by atoms with Crippen molar-refractivity contribution in [3.8, 4) is 0 Å². The Balaban J connectivity index is 1.30. The fourth-order valence-corrected chi connectivity index (χ4v) is 9.64. The highest BCUT2D eigenvalue weighted by Crippen LogP contribution is 2.65. The van der Waals surface area contributed by atoms with Gasteiger partial charge < -0.3 is 26.2 Å². The van der Waals surface area contributed by atoms with E-state index in [0.717, 1.165) is 19.3 Å². The van der Waals surface area contributed by atoms with Gasteiger partial charge in [-0.05, 0) is 98.2 Å². The molecule has 0 aromatic rings. The standard InChI is InChI=1S/C36H55N5O5/c1-8-10-12-25(28(42)31(44)37-13-11-9-2)38-30(43)27-26-24(35(26,6)7)20-41(27)32(45)29(34(3,4)5)39-33(46)40-36-17-21-14-22(18-36)16-23(15-21)19-36/h8-9,21-27,29H,1-2,10-20H2,3-7H3,(H,37,44)(H,38,43)(H2,39,40,46)/t21?,22?,23?,24?,25-,26+,27+,29-,36?/m1/s1. The minimum Gasteiger partial charge on any atom is -0.349 e. The lowest BCUT2D eigenvalue weighted by molar-refractivity contribution is -0.145. The van der Waals surface area contributed by atoms with Crippen molar-refractivity contribution in [2.45, 2.75) is 116 Å². The third kappa shape index (κ3) is 6.77. The Morgan fingerprint density at radius 1 is 0.913 bits per heavy atom. The zero-order valence-corrected chi connectivity index (χ0v) is 28.5. The highest BCUT2D eigenvalue weighted by atomic mass is 16.2. The number of ketones is 1. The van der Waals surface area contributed by atoms with Crippen LogP contribution in [0.2, 0.25) is 0 Å². The van der Waals surface area contributed by atoms with Crippen LogP contribution in [0.15, 0.2) is 25.3 Å². The summed E-state index contributed by atoms with van der Waals surface area (Å²) in [5.74, 6) is -0.180. The molecular formula is C36H55N5O5. The van der Waals surface area contributed by atoms with Crippen molar-refractivity contribution in [1.29, 1.82) is 0 Å². The van der Waals surface area contributed by atoms with E-state index < -0.39 is 41.1 Å². The maximum absolute atomic E-state index is 14.4. The van der Waals surface area contributed by atoms with Gasteiger partial charge in [-0.1, -0.05) is 46.8 Å². The zero-order chi connectivity index (χ0) is 33.6. The van der Waals surface area contributed by atoms with Gasteiger partial charge in [-0.15, -0.1) is 13.2 Å². The maximum atomic E-state index is 14.4. The summed E-state index contributed by atoms with van der Waals surface area (Å²) in [6.07, 6.45) is 11.3. The van der Waals surface area contributed by atoms with Gasteiger partial charge in [0.25, 0.3) is 5.91 Å². The van der Waals surface area contributed by atoms with E-state index in [-0.39, 0.29) is 47.7 Å². The molecule has 254 valence electrons. The maximum Gasteiger partial charge on any atom is 0.315 e. The third-order valence-corrected chi connectivity index (χ3v) is 11.7. The smallest absolute Gasteiger partial charge is 0.315 e. The summed E-state index contributed by atoms with van der Waals surface area (Å²) >= 11 is 0. The highest BCUT2D eigenvalue weighted by molar-refractivity contribution is 6.38. The van der Waals surface area contributed by atoms with Crippen molar-refractivity contribution in [2.24, 2.45) is 40.4 Å². The molecular weight excluding hydrogens is 582 g/mol. The van der Waals surface area contributed by atoms with Crippen LogP contribution < -0.4 is 21.3 Å². The predicted octanol–water partition coefficient (Wildman–Crippen LogP) is 3.86. The van der Waals surface area contributed by atoms with Gasteiger partial charge in [-0.25, -0.2) is 4.79 Å². The molecule has 4 N–H and O–H groups in total. The molecule has 1 aliphatic heterocycles.